The molecule has 26 heavy (non-hydrogen) atoms. The first-order valence-electron chi connectivity index (χ1n) is 8.83. The molecule has 2 aliphatic rings. The van der Waals surface area contributed by atoms with E-state index in [0.29, 0.717) is 19.6 Å². The lowest BCUT2D eigenvalue weighted by atomic mass is 9.94. The van der Waals surface area contributed by atoms with Crippen LogP contribution in [0.5, 0.6) is 0 Å². The second kappa shape index (κ2) is 7.25. The van der Waals surface area contributed by atoms with Gasteiger partial charge in [-0.1, -0.05) is 12.1 Å². The molecule has 0 bridgehead atoms. The van der Waals surface area contributed by atoms with E-state index in [2.05, 4.69) is 5.32 Å². The van der Waals surface area contributed by atoms with Crippen LogP contribution < -0.4 is 5.32 Å². The molecular weight excluding hydrogens is 359 g/mol. The van der Waals surface area contributed by atoms with E-state index in [-0.39, 0.29) is 37.2 Å². The monoisotopic (exact) mass is 384 g/mol. The average molecular weight is 384 g/mol. The lowest BCUT2D eigenvalue weighted by Gasteiger charge is -2.43. The van der Waals surface area contributed by atoms with Gasteiger partial charge in [0.25, 0.3) is 0 Å². The van der Waals surface area contributed by atoms with E-state index in [1.54, 1.807) is 17.0 Å². The van der Waals surface area contributed by atoms with E-state index >= 15 is 0 Å². The Morgan fingerprint density at radius 3 is 2.42 bits per heavy atom. The summed E-state index contributed by atoms with van der Waals surface area (Å²) in [4.78, 5) is 14.9. The van der Waals surface area contributed by atoms with Gasteiger partial charge in [-0.25, -0.2) is 12.8 Å². The standard InChI is InChI=1S/C18H25FN2O4S/c1-13-11-21(12-16(25-13)14-3-5-15(19)6-4-14)17(22)18(26(2,23)24)7-9-20-10-8-18/h3-6,13,16,20H,7-12H2,1-2H3. The molecule has 144 valence electrons. The smallest absolute Gasteiger partial charge is 0.244 e. The molecule has 0 saturated carbocycles. The van der Waals surface area contributed by atoms with Crippen molar-refractivity contribution in [3.8, 4) is 0 Å². The Bertz CT molecular complexity index is 760. The van der Waals surface area contributed by atoms with Crippen molar-refractivity contribution >= 4 is 15.7 Å². The summed E-state index contributed by atoms with van der Waals surface area (Å²) in [5.41, 5.74) is 0.773. The maximum Gasteiger partial charge on any atom is 0.244 e. The molecule has 6 nitrogen and oxygen atoms in total. The molecular formula is C18H25FN2O4S. The third kappa shape index (κ3) is 3.63. The minimum Gasteiger partial charge on any atom is -0.367 e. The van der Waals surface area contributed by atoms with E-state index in [1.165, 1.54) is 12.1 Å². The zero-order valence-corrected chi connectivity index (χ0v) is 15.9. The van der Waals surface area contributed by atoms with Crippen LogP contribution in [0.1, 0.15) is 31.4 Å². The topological polar surface area (TPSA) is 75.7 Å². The molecule has 2 heterocycles. The summed E-state index contributed by atoms with van der Waals surface area (Å²) >= 11 is 0. The number of morpholine rings is 1. The summed E-state index contributed by atoms with van der Waals surface area (Å²) in [6.07, 6.45) is 1.06. The zero-order valence-electron chi connectivity index (χ0n) is 15.1. The number of benzene rings is 1. The maximum absolute atomic E-state index is 13.3. The molecule has 0 radical (unpaired) electrons. The molecule has 2 atom stereocenters. The van der Waals surface area contributed by atoms with Gasteiger partial charge in [-0.15, -0.1) is 0 Å². The number of hydrogen-bond donors (Lipinski definition) is 1. The number of piperidine rings is 1. The second-order valence-corrected chi connectivity index (χ2v) is 9.54. The summed E-state index contributed by atoms with van der Waals surface area (Å²) in [5, 5.41) is 3.12. The van der Waals surface area contributed by atoms with Gasteiger partial charge >= 0.3 is 0 Å². The van der Waals surface area contributed by atoms with Gasteiger partial charge in [0.2, 0.25) is 5.91 Å². The van der Waals surface area contributed by atoms with Crippen molar-refractivity contribution in [2.75, 3.05) is 32.4 Å². The lowest BCUT2D eigenvalue weighted by molar-refractivity contribution is -0.148. The lowest BCUT2D eigenvalue weighted by Crippen LogP contribution is -2.60. The Hall–Kier alpha value is -1.51. The first-order valence-corrected chi connectivity index (χ1v) is 10.7. The number of halogens is 1. The minimum atomic E-state index is -3.56. The third-order valence-electron chi connectivity index (χ3n) is 5.30. The predicted octanol–water partition coefficient (Wildman–Crippen LogP) is 1.28. The number of carbonyl (C=O) groups excluding carboxylic acids is 1. The summed E-state index contributed by atoms with van der Waals surface area (Å²) in [6, 6.07) is 5.99. The second-order valence-electron chi connectivity index (χ2n) is 7.21. The van der Waals surface area contributed by atoms with Crippen LogP contribution in [0.3, 0.4) is 0 Å². The van der Waals surface area contributed by atoms with Crippen LogP contribution in [0.2, 0.25) is 0 Å². The fraction of sp³-hybridized carbons (Fsp3) is 0.611. The van der Waals surface area contributed by atoms with Crippen LogP contribution in [0, 0.1) is 5.82 Å². The summed E-state index contributed by atoms with van der Waals surface area (Å²) < 4.78 is 42.8. The third-order valence-corrected chi connectivity index (χ3v) is 7.30. The van der Waals surface area contributed by atoms with Crippen LogP contribution in [-0.2, 0) is 19.4 Å². The summed E-state index contributed by atoms with van der Waals surface area (Å²) in [5.74, 6) is -0.681. The molecule has 0 aromatic heterocycles. The number of nitrogens with one attached hydrogen (secondary N) is 1. The number of carbonyl (C=O) groups is 1. The van der Waals surface area contributed by atoms with Gasteiger partial charge < -0.3 is 15.0 Å². The van der Waals surface area contributed by atoms with Crippen molar-refractivity contribution in [2.24, 2.45) is 0 Å². The molecule has 1 aromatic carbocycles. The summed E-state index contributed by atoms with van der Waals surface area (Å²) in [6.45, 7) is 3.46. The van der Waals surface area contributed by atoms with Crippen LogP contribution in [0.4, 0.5) is 4.39 Å². The first kappa shape index (κ1) is 19.3. The highest BCUT2D eigenvalue weighted by Crippen LogP contribution is 2.33. The fourth-order valence-electron chi connectivity index (χ4n) is 3.84. The largest absolute Gasteiger partial charge is 0.367 e. The molecule has 1 N–H and O–H groups in total. The van der Waals surface area contributed by atoms with Crippen molar-refractivity contribution < 1.29 is 22.3 Å². The number of hydrogen-bond acceptors (Lipinski definition) is 5. The van der Waals surface area contributed by atoms with Crippen molar-refractivity contribution in [3.63, 3.8) is 0 Å². The number of amides is 1. The van der Waals surface area contributed by atoms with E-state index in [0.717, 1.165) is 11.8 Å². The van der Waals surface area contributed by atoms with Gasteiger partial charge in [0.1, 0.15) is 11.9 Å². The van der Waals surface area contributed by atoms with Gasteiger partial charge in [-0.05, 0) is 50.6 Å². The number of nitrogens with zero attached hydrogens (tertiary/aromatic N) is 1. The summed E-state index contributed by atoms with van der Waals surface area (Å²) in [7, 11) is -3.56. The number of rotatable bonds is 3. The quantitative estimate of drug-likeness (QED) is 0.850. The fourth-order valence-corrected chi connectivity index (χ4v) is 5.23. The van der Waals surface area contributed by atoms with E-state index < -0.39 is 20.7 Å². The zero-order chi connectivity index (χ0) is 18.9. The highest BCUT2D eigenvalue weighted by molar-refractivity contribution is 7.92. The Morgan fingerprint density at radius 1 is 1.23 bits per heavy atom. The van der Waals surface area contributed by atoms with Crippen molar-refractivity contribution in [1.82, 2.24) is 10.2 Å². The van der Waals surface area contributed by atoms with E-state index in [9.17, 15) is 17.6 Å². The van der Waals surface area contributed by atoms with Crippen molar-refractivity contribution in [3.05, 3.63) is 35.6 Å². The highest BCUT2D eigenvalue weighted by Gasteiger charge is 2.51. The molecule has 2 unspecified atom stereocenters. The number of ether oxygens (including phenoxy) is 1. The molecule has 1 aromatic rings. The van der Waals surface area contributed by atoms with Gasteiger partial charge in [-0.2, -0.15) is 0 Å². The molecule has 2 aliphatic heterocycles. The minimum absolute atomic E-state index is 0.235. The van der Waals surface area contributed by atoms with Crippen LogP contribution in [0.25, 0.3) is 0 Å². The Morgan fingerprint density at radius 2 is 1.85 bits per heavy atom. The molecule has 2 fully saturated rings. The van der Waals surface area contributed by atoms with Gasteiger partial charge in [0.15, 0.2) is 14.6 Å². The van der Waals surface area contributed by atoms with Crippen LogP contribution in [0.15, 0.2) is 24.3 Å². The van der Waals surface area contributed by atoms with Gasteiger partial charge in [0, 0.05) is 12.8 Å². The Balaban J connectivity index is 1.86. The van der Waals surface area contributed by atoms with Gasteiger partial charge in [-0.3, -0.25) is 4.79 Å². The van der Waals surface area contributed by atoms with Gasteiger partial charge in [0.05, 0.1) is 12.6 Å². The molecule has 8 heteroatoms. The van der Waals surface area contributed by atoms with E-state index in [4.69, 9.17) is 4.74 Å². The van der Waals surface area contributed by atoms with Crippen LogP contribution in [-0.4, -0.2) is 62.5 Å². The first-order chi connectivity index (χ1) is 12.2. The molecule has 1 amide bonds. The SMILES string of the molecule is CC1CN(C(=O)C2(S(C)(=O)=O)CCNCC2)CC(c2ccc(F)cc2)O1. The molecule has 0 aliphatic carbocycles. The predicted molar refractivity (Wildman–Crippen MR) is 95.9 cm³/mol. The number of sulfone groups is 1. The van der Waals surface area contributed by atoms with Crippen molar-refractivity contribution in [1.29, 1.82) is 0 Å². The molecule has 2 saturated heterocycles. The molecule has 0 spiro atoms. The average Bonchev–Trinajstić information content (AvgIpc) is 2.61. The van der Waals surface area contributed by atoms with Crippen molar-refractivity contribution in [2.45, 2.75) is 36.7 Å². The Kier molecular flexibility index (Phi) is 5.37. The Labute approximate surface area is 153 Å². The maximum atomic E-state index is 13.3. The van der Waals surface area contributed by atoms with E-state index in [1.807, 2.05) is 6.92 Å². The molecule has 3 rings (SSSR count). The highest BCUT2D eigenvalue weighted by atomic mass is 32.2. The van der Waals surface area contributed by atoms with Crippen LogP contribution >= 0.6 is 0 Å². The normalized spacial score (nSPS) is 26.5.